The molecule has 0 aromatic carbocycles. The van der Waals surface area contributed by atoms with Crippen molar-refractivity contribution in [3.8, 4) is 0 Å². The molecule has 2 aromatic rings. The van der Waals surface area contributed by atoms with Crippen LogP contribution in [0.5, 0.6) is 0 Å². The highest BCUT2D eigenvalue weighted by Gasteiger charge is 2.18. The highest BCUT2D eigenvalue weighted by molar-refractivity contribution is 9.10. The number of aromatic nitrogens is 3. The molecule has 0 bridgehead atoms. The van der Waals surface area contributed by atoms with Gasteiger partial charge in [-0.15, -0.1) is 0 Å². The van der Waals surface area contributed by atoms with Gasteiger partial charge in [-0.05, 0) is 53.4 Å². The van der Waals surface area contributed by atoms with Gasteiger partial charge in [0.2, 0.25) is 5.28 Å². The molecule has 0 fully saturated rings. The van der Waals surface area contributed by atoms with Gasteiger partial charge in [0.25, 0.3) is 5.56 Å². The van der Waals surface area contributed by atoms with Gasteiger partial charge in [0.15, 0.2) is 0 Å². The van der Waals surface area contributed by atoms with Gasteiger partial charge in [-0.25, -0.2) is 4.98 Å². The molecule has 0 aliphatic rings. The van der Waals surface area contributed by atoms with Crippen molar-refractivity contribution in [3.63, 3.8) is 0 Å². The molecular weight excluding hydrogens is 366 g/mol. The van der Waals surface area contributed by atoms with Gasteiger partial charge in [-0.3, -0.25) is 9.36 Å². The minimum Gasteiger partial charge on any atom is -0.289 e. The lowest BCUT2D eigenvalue weighted by Crippen LogP contribution is -2.26. The fourth-order valence-electron chi connectivity index (χ4n) is 2.69. The van der Waals surface area contributed by atoms with Crippen molar-refractivity contribution in [2.75, 3.05) is 0 Å². The normalized spacial score (nSPS) is 12.8. The average Bonchev–Trinajstić information content (AvgIpc) is 2.49. The summed E-state index contributed by atoms with van der Waals surface area (Å²) in [5.74, 6) is 0. The highest BCUT2D eigenvalue weighted by Crippen LogP contribution is 2.25. The maximum Gasteiger partial charge on any atom is 0.267 e. The third-order valence-electron chi connectivity index (χ3n) is 4.02. The van der Waals surface area contributed by atoms with Crippen molar-refractivity contribution in [2.45, 2.75) is 58.9 Å². The lowest BCUT2D eigenvalue weighted by atomic mass is 10.1. The van der Waals surface area contributed by atoms with Crippen LogP contribution >= 0.6 is 27.5 Å². The molecule has 0 aliphatic carbocycles. The Hall–Kier alpha value is -0.940. The van der Waals surface area contributed by atoms with Crippen LogP contribution in [0.3, 0.4) is 0 Å². The first-order valence-corrected chi connectivity index (χ1v) is 8.87. The second-order valence-corrected chi connectivity index (χ2v) is 6.82. The number of fused-ring (bicyclic) bond motifs is 1. The van der Waals surface area contributed by atoms with Gasteiger partial charge in [-0.1, -0.05) is 32.6 Å². The van der Waals surface area contributed by atoms with Gasteiger partial charge < -0.3 is 0 Å². The number of halogens is 2. The molecule has 0 radical (unpaired) electrons. The molecule has 0 aliphatic heterocycles. The number of unbranched alkanes of at least 4 members (excludes halogenated alkanes) is 3. The van der Waals surface area contributed by atoms with Gasteiger partial charge >= 0.3 is 0 Å². The van der Waals surface area contributed by atoms with Crippen LogP contribution in [0.4, 0.5) is 0 Å². The first kappa shape index (κ1) is 17.4. The van der Waals surface area contributed by atoms with Crippen LogP contribution in [0.1, 0.15) is 57.6 Å². The first-order valence-electron chi connectivity index (χ1n) is 7.70. The van der Waals surface area contributed by atoms with Crippen molar-refractivity contribution in [2.24, 2.45) is 0 Å². The smallest absolute Gasteiger partial charge is 0.267 e. The van der Waals surface area contributed by atoms with Crippen LogP contribution in [-0.2, 0) is 0 Å². The van der Waals surface area contributed by atoms with E-state index >= 15 is 0 Å². The fraction of sp³-hybridized carbons (Fsp3) is 0.562. The molecule has 1 atom stereocenters. The minimum atomic E-state index is -0.0530. The maximum atomic E-state index is 12.7. The summed E-state index contributed by atoms with van der Waals surface area (Å²) in [4.78, 5) is 21.0. The molecule has 0 N–H and O–H groups in total. The van der Waals surface area contributed by atoms with Crippen molar-refractivity contribution < 1.29 is 0 Å². The monoisotopic (exact) mass is 385 g/mol. The first-order chi connectivity index (χ1) is 10.5. The molecule has 0 spiro atoms. The van der Waals surface area contributed by atoms with Crippen LogP contribution in [-0.4, -0.2) is 14.5 Å². The molecule has 4 nitrogen and oxygen atoms in total. The average molecular weight is 387 g/mol. The Morgan fingerprint density at radius 3 is 2.77 bits per heavy atom. The molecular formula is C16H21BrClN3O. The fourth-order valence-corrected chi connectivity index (χ4v) is 3.22. The van der Waals surface area contributed by atoms with Gasteiger partial charge in [0, 0.05) is 17.6 Å². The second kappa shape index (κ2) is 7.55. The summed E-state index contributed by atoms with van der Waals surface area (Å²) in [5.41, 5.74) is 1.42. The van der Waals surface area contributed by atoms with E-state index in [9.17, 15) is 4.79 Å². The van der Waals surface area contributed by atoms with Crippen molar-refractivity contribution >= 4 is 38.6 Å². The summed E-state index contributed by atoms with van der Waals surface area (Å²) in [6.07, 6.45) is 7.37. The Morgan fingerprint density at radius 1 is 1.36 bits per heavy atom. The Bertz CT molecular complexity index is 729. The van der Waals surface area contributed by atoms with E-state index < -0.39 is 0 Å². The number of nitrogens with zero attached hydrogens (tertiary/aromatic N) is 3. The molecule has 6 heteroatoms. The van der Waals surface area contributed by atoms with Crippen LogP contribution in [0, 0.1) is 6.92 Å². The van der Waals surface area contributed by atoms with Crippen molar-refractivity contribution in [1.82, 2.24) is 14.5 Å². The Labute approximate surface area is 144 Å². The standard InChI is InChI=1S/C16H21BrClN3O/c1-4-5-6-7-8-10(2)21-14-12(9-19-16(18)20-14)11(3)13(17)15(21)22/h9-10H,4-8H2,1-3H3. The van der Waals surface area contributed by atoms with Crippen molar-refractivity contribution in [3.05, 3.63) is 31.9 Å². The summed E-state index contributed by atoms with van der Waals surface area (Å²) in [5, 5.41) is 1.02. The summed E-state index contributed by atoms with van der Waals surface area (Å²) in [6.45, 7) is 6.14. The molecule has 2 heterocycles. The quantitative estimate of drug-likeness (QED) is 0.515. The summed E-state index contributed by atoms with van der Waals surface area (Å²) in [6, 6.07) is 0.0784. The van der Waals surface area contributed by atoms with E-state index in [0.717, 1.165) is 23.8 Å². The predicted octanol–water partition coefficient (Wildman–Crippen LogP) is 5.05. The van der Waals surface area contributed by atoms with Crippen molar-refractivity contribution in [1.29, 1.82) is 0 Å². The number of hydrogen-bond acceptors (Lipinski definition) is 3. The lowest BCUT2D eigenvalue weighted by molar-refractivity contribution is 0.470. The van der Waals surface area contributed by atoms with Crippen LogP contribution in [0.15, 0.2) is 15.5 Å². The van der Waals surface area contributed by atoms with E-state index in [1.165, 1.54) is 19.3 Å². The summed E-state index contributed by atoms with van der Waals surface area (Å²) < 4.78 is 2.32. The molecule has 2 rings (SSSR count). The third kappa shape index (κ3) is 3.51. The Morgan fingerprint density at radius 2 is 2.09 bits per heavy atom. The second-order valence-electron chi connectivity index (χ2n) is 5.69. The minimum absolute atomic E-state index is 0.0530. The van der Waals surface area contributed by atoms with Crippen LogP contribution in [0.2, 0.25) is 5.28 Å². The molecule has 0 saturated heterocycles. The molecule has 0 amide bonds. The molecule has 120 valence electrons. The van der Waals surface area contributed by atoms with E-state index in [2.05, 4.69) is 39.7 Å². The summed E-state index contributed by atoms with van der Waals surface area (Å²) in [7, 11) is 0. The molecule has 22 heavy (non-hydrogen) atoms. The summed E-state index contributed by atoms with van der Waals surface area (Å²) >= 11 is 9.35. The van der Waals surface area contributed by atoms with Gasteiger partial charge in [-0.2, -0.15) is 4.98 Å². The zero-order valence-corrected chi connectivity index (χ0v) is 15.5. The van der Waals surface area contributed by atoms with Crippen LogP contribution in [0.25, 0.3) is 11.0 Å². The maximum absolute atomic E-state index is 12.7. The van der Waals surface area contributed by atoms with Gasteiger partial charge in [0.05, 0.1) is 4.47 Å². The number of pyridine rings is 1. The van der Waals surface area contributed by atoms with E-state index in [4.69, 9.17) is 11.6 Å². The largest absolute Gasteiger partial charge is 0.289 e. The van der Waals surface area contributed by atoms with Gasteiger partial charge in [0.1, 0.15) is 5.65 Å². The Kier molecular flexibility index (Phi) is 5.98. The number of hydrogen-bond donors (Lipinski definition) is 0. The topological polar surface area (TPSA) is 47.8 Å². The highest BCUT2D eigenvalue weighted by atomic mass is 79.9. The zero-order valence-electron chi connectivity index (χ0n) is 13.2. The number of aryl methyl sites for hydroxylation is 1. The Balaban J connectivity index is 2.47. The molecule has 2 aromatic heterocycles. The van der Waals surface area contributed by atoms with Crippen LogP contribution < -0.4 is 5.56 Å². The van der Waals surface area contributed by atoms with E-state index in [1.54, 1.807) is 10.8 Å². The lowest BCUT2D eigenvalue weighted by Gasteiger charge is -2.19. The third-order valence-corrected chi connectivity index (χ3v) is 5.14. The zero-order chi connectivity index (χ0) is 16.3. The number of rotatable bonds is 6. The predicted molar refractivity (Wildman–Crippen MR) is 94.7 cm³/mol. The van der Waals surface area contributed by atoms with E-state index in [1.807, 2.05) is 6.92 Å². The molecule has 1 unspecified atom stereocenters. The SMILES string of the molecule is CCCCCCC(C)n1c(=O)c(Br)c(C)c2cnc(Cl)nc21. The molecule has 0 saturated carbocycles. The van der Waals surface area contributed by atoms with E-state index in [-0.39, 0.29) is 16.9 Å². The van der Waals surface area contributed by atoms with E-state index in [0.29, 0.717) is 10.1 Å².